The van der Waals surface area contributed by atoms with Crippen LogP contribution in [0.15, 0.2) is 48.9 Å². The Kier molecular flexibility index (Phi) is 3.96. The summed E-state index contributed by atoms with van der Waals surface area (Å²) in [5, 5.41) is 3.01. The molecule has 3 aromatic rings. The minimum Gasteiger partial charge on any atom is -0.381 e. The molecule has 0 saturated carbocycles. The highest BCUT2D eigenvalue weighted by Gasteiger charge is 2.21. The van der Waals surface area contributed by atoms with Gasteiger partial charge in [-0.1, -0.05) is 12.1 Å². The number of aromatic nitrogens is 3. The first-order valence-corrected chi connectivity index (χ1v) is 8.08. The van der Waals surface area contributed by atoms with Crippen molar-refractivity contribution in [2.45, 2.75) is 12.8 Å². The molecule has 0 spiro atoms. The quantitative estimate of drug-likeness (QED) is 0.805. The molecule has 1 amide bonds. The topological polar surface area (TPSA) is 68.5 Å². The Morgan fingerprint density at radius 3 is 2.96 bits per heavy atom. The van der Waals surface area contributed by atoms with Gasteiger partial charge in [0.15, 0.2) is 0 Å². The Labute approximate surface area is 139 Å². The van der Waals surface area contributed by atoms with Gasteiger partial charge >= 0.3 is 0 Å². The van der Waals surface area contributed by atoms with E-state index >= 15 is 0 Å². The summed E-state index contributed by atoms with van der Waals surface area (Å²) < 4.78 is 7.19. The van der Waals surface area contributed by atoms with Crippen molar-refractivity contribution in [2.75, 3.05) is 18.5 Å². The number of fused-ring (bicyclic) bond motifs is 1. The van der Waals surface area contributed by atoms with E-state index < -0.39 is 0 Å². The van der Waals surface area contributed by atoms with E-state index in [4.69, 9.17) is 4.74 Å². The predicted molar refractivity (Wildman–Crippen MR) is 90.6 cm³/mol. The van der Waals surface area contributed by atoms with Crippen LogP contribution in [0.5, 0.6) is 0 Å². The first kappa shape index (κ1) is 14.8. The summed E-state index contributed by atoms with van der Waals surface area (Å²) in [5.74, 6) is 0.748. The lowest BCUT2D eigenvalue weighted by Crippen LogP contribution is -2.28. The van der Waals surface area contributed by atoms with Crippen LogP contribution < -0.4 is 5.32 Å². The number of imidazole rings is 1. The highest BCUT2D eigenvalue weighted by atomic mass is 16.5. The molecule has 3 heterocycles. The first-order chi connectivity index (χ1) is 11.8. The highest BCUT2D eigenvalue weighted by Crippen LogP contribution is 2.23. The molecule has 1 aromatic carbocycles. The highest BCUT2D eigenvalue weighted by molar-refractivity contribution is 5.93. The van der Waals surface area contributed by atoms with Crippen molar-refractivity contribution in [3.8, 4) is 11.3 Å². The average Bonchev–Trinajstić information content (AvgIpc) is 3.07. The standard InChI is InChI=1S/C18H18N4O2/c23-17(13-5-9-24-10-6-13)20-15-4-1-3-14(11-15)16-12-22-8-2-7-19-18(22)21-16/h1-4,7-8,11-13H,5-6,9-10H2,(H,20,23). The fourth-order valence-electron chi connectivity index (χ4n) is 2.93. The third-order valence-corrected chi connectivity index (χ3v) is 4.25. The number of nitrogens with one attached hydrogen (secondary N) is 1. The van der Waals surface area contributed by atoms with Crippen molar-refractivity contribution in [1.82, 2.24) is 14.4 Å². The molecule has 24 heavy (non-hydrogen) atoms. The second-order valence-corrected chi connectivity index (χ2v) is 5.91. The molecule has 1 fully saturated rings. The van der Waals surface area contributed by atoms with Gasteiger partial charge in [-0.05, 0) is 31.0 Å². The van der Waals surface area contributed by atoms with Crippen molar-refractivity contribution < 1.29 is 9.53 Å². The average molecular weight is 322 g/mol. The summed E-state index contributed by atoms with van der Waals surface area (Å²) in [6, 6.07) is 9.61. The van der Waals surface area contributed by atoms with Crippen LogP contribution in [0.1, 0.15) is 12.8 Å². The fourth-order valence-corrected chi connectivity index (χ4v) is 2.93. The van der Waals surface area contributed by atoms with E-state index in [1.807, 2.05) is 47.1 Å². The molecule has 1 saturated heterocycles. The Bertz CT molecular complexity index is 835. The van der Waals surface area contributed by atoms with Crippen molar-refractivity contribution in [1.29, 1.82) is 0 Å². The zero-order chi connectivity index (χ0) is 16.4. The molecule has 0 bridgehead atoms. The van der Waals surface area contributed by atoms with E-state index in [2.05, 4.69) is 15.3 Å². The molecule has 0 atom stereocenters. The maximum Gasteiger partial charge on any atom is 0.234 e. The largest absolute Gasteiger partial charge is 0.381 e. The smallest absolute Gasteiger partial charge is 0.234 e. The van der Waals surface area contributed by atoms with E-state index in [9.17, 15) is 4.79 Å². The van der Waals surface area contributed by atoms with Crippen LogP contribution in [0.2, 0.25) is 0 Å². The number of nitrogens with zero attached hydrogens (tertiary/aromatic N) is 3. The van der Waals surface area contributed by atoms with Crippen molar-refractivity contribution >= 4 is 17.4 Å². The molecular formula is C18H18N4O2. The Morgan fingerprint density at radius 2 is 2.12 bits per heavy atom. The molecule has 122 valence electrons. The number of anilines is 1. The predicted octanol–water partition coefficient (Wildman–Crippen LogP) is 2.76. The summed E-state index contributed by atoms with van der Waals surface area (Å²) >= 11 is 0. The van der Waals surface area contributed by atoms with Crippen LogP contribution in [-0.4, -0.2) is 33.5 Å². The minimum absolute atomic E-state index is 0.0294. The Morgan fingerprint density at radius 1 is 1.25 bits per heavy atom. The molecule has 1 N–H and O–H groups in total. The van der Waals surface area contributed by atoms with Gasteiger partial charge in [-0.2, -0.15) is 0 Å². The summed E-state index contributed by atoms with van der Waals surface area (Å²) in [6.07, 6.45) is 7.13. The summed E-state index contributed by atoms with van der Waals surface area (Å²) in [4.78, 5) is 21.1. The van der Waals surface area contributed by atoms with E-state index in [1.165, 1.54) is 0 Å². The van der Waals surface area contributed by atoms with Gasteiger partial charge in [0, 0.05) is 49.0 Å². The lowest BCUT2D eigenvalue weighted by molar-refractivity contribution is -0.122. The third-order valence-electron chi connectivity index (χ3n) is 4.25. The van der Waals surface area contributed by atoms with Gasteiger partial charge < -0.3 is 10.1 Å². The molecular weight excluding hydrogens is 304 g/mol. The Hall–Kier alpha value is -2.73. The van der Waals surface area contributed by atoms with Gasteiger partial charge in [-0.15, -0.1) is 0 Å². The monoisotopic (exact) mass is 322 g/mol. The second-order valence-electron chi connectivity index (χ2n) is 5.91. The number of benzene rings is 1. The van der Waals surface area contributed by atoms with Crippen LogP contribution in [0.4, 0.5) is 5.69 Å². The number of carbonyl (C=O) groups excluding carboxylic acids is 1. The zero-order valence-electron chi connectivity index (χ0n) is 13.2. The molecule has 0 aliphatic carbocycles. The van der Waals surface area contributed by atoms with Gasteiger partial charge in [0.05, 0.1) is 5.69 Å². The number of amides is 1. The lowest BCUT2D eigenvalue weighted by Gasteiger charge is -2.21. The number of hydrogen-bond acceptors (Lipinski definition) is 4. The Balaban J connectivity index is 1.55. The van der Waals surface area contributed by atoms with E-state index in [0.29, 0.717) is 19.0 Å². The van der Waals surface area contributed by atoms with Gasteiger partial charge in [0.1, 0.15) is 0 Å². The van der Waals surface area contributed by atoms with E-state index in [0.717, 1.165) is 29.8 Å². The molecule has 0 unspecified atom stereocenters. The summed E-state index contributed by atoms with van der Waals surface area (Å²) in [6.45, 7) is 1.32. The molecule has 0 radical (unpaired) electrons. The maximum atomic E-state index is 12.4. The van der Waals surface area contributed by atoms with E-state index in [-0.39, 0.29) is 11.8 Å². The maximum absolute atomic E-state index is 12.4. The van der Waals surface area contributed by atoms with Crippen LogP contribution in [0.3, 0.4) is 0 Å². The normalized spacial score (nSPS) is 15.5. The molecule has 1 aliphatic heterocycles. The minimum atomic E-state index is 0.0294. The summed E-state index contributed by atoms with van der Waals surface area (Å²) in [5.41, 5.74) is 2.56. The van der Waals surface area contributed by atoms with Crippen LogP contribution in [0, 0.1) is 5.92 Å². The van der Waals surface area contributed by atoms with Crippen LogP contribution in [-0.2, 0) is 9.53 Å². The number of ether oxygens (including phenoxy) is 1. The number of carbonyl (C=O) groups is 1. The van der Waals surface area contributed by atoms with E-state index in [1.54, 1.807) is 6.20 Å². The van der Waals surface area contributed by atoms with Crippen molar-refractivity contribution in [3.63, 3.8) is 0 Å². The lowest BCUT2D eigenvalue weighted by atomic mass is 9.99. The molecule has 2 aromatic heterocycles. The summed E-state index contributed by atoms with van der Waals surface area (Å²) in [7, 11) is 0. The van der Waals surface area contributed by atoms with Gasteiger partial charge in [-0.3, -0.25) is 9.20 Å². The third kappa shape index (κ3) is 3.00. The van der Waals surface area contributed by atoms with Gasteiger partial charge in [-0.25, -0.2) is 9.97 Å². The van der Waals surface area contributed by atoms with Crippen molar-refractivity contribution in [2.24, 2.45) is 5.92 Å². The van der Waals surface area contributed by atoms with Crippen LogP contribution in [0.25, 0.3) is 17.0 Å². The van der Waals surface area contributed by atoms with Crippen LogP contribution >= 0.6 is 0 Å². The SMILES string of the molecule is O=C(Nc1cccc(-c2cn3cccnc3n2)c1)C1CCOCC1. The van der Waals surface area contributed by atoms with Crippen molar-refractivity contribution in [3.05, 3.63) is 48.9 Å². The second kappa shape index (κ2) is 6.41. The van der Waals surface area contributed by atoms with Gasteiger partial charge in [0.2, 0.25) is 11.7 Å². The fraction of sp³-hybridized carbons (Fsp3) is 0.278. The molecule has 4 rings (SSSR count). The number of rotatable bonds is 3. The molecule has 6 heteroatoms. The molecule has 6 nitrogen and oxygen atoms in total. The number of hydrogen-bond donors (Lipinski definition) is 1. The zero-order valence-corrected chi connectivity index (χ0v) is 13.2. The van der Waals surface area contributed by atoms with Gasteiger partial charge in [0.25, 0.3) is 0 Å². The molecule has 1 aliphatic rings. The first-order valence-electron chi connectivity index (χ1n) is 8.08.